The van der Waals surface area contributed by atoms with Crippen LogP contribution >= 0.6 is 35.1 Å². The molecule has 6 rings (SSSR count). The number of fused-ring (bicyclic) bond motifs is 3. The highest BCUT2D eigenvalue weighted by Crippen LogP contribution is 2.46. The van der Waals surface area contributed by atoms with Gasteiger partial charge in [-0.2, -0.15) is 18.2 Å². The lowest BCUT2D eigenvalue weighted by molar-refractivity contribution is -0.211. The summed E-state index contributed by atoms with van der Waals surface area (Å²) in [5.74, 6) is -1.27. The van der Waals surface area contributed by atoms with Gasteiger partial charge in [0.2, 0.25) is 0 Å². The summed E-state index contributed by atoms with van der Waals surface area (Å²) in [6.07, 6.45) is -4.39. The normalized spacial score (nSPS) is 15.7. The van der Waals surface area contributed by atoms with Crippen LogP contribution in [0.5, 0.6) is 0 Å². The Labute approximate surface area is 265 Å². The fraction of sp³-hybridized carbons (Fsp3) is 0.156. The third-order valence-corrected chi connectivity index (χ3v) is 9.35. The smallest absolute Gasteiger partial charge is 0.381 e. The zero-order valence-corrected chi connectivity index (χ0v) is 25.0. The Morgan fingerprint density at radius 3 is 2.27 bits per heavy atom. The summed E-state index contributed by atoms with van der Waals surface area (Å²) in [6, 6.07) is 22.6. The molecule has 12 heteroatoms. The van der Waals surface area contributed by atoms with Gasteiger partial charge in [-0.05, 0) is 76.7 Å². The summed E-state index contributed by atoms with van der Waals surface area (Å²) >= 11 is 13.4. The molecule has 0 saturated carbocycles. The van der Waals surface area contributed by atoms with Crippen LogP contribution < -0.4 is 9.31 Å². The van der Waals surface area contributed by atoms with Gasteiger partial charge in [0.15, 0.2) is 6.10 Å². The fourth-order valence-electron chi connectivity index (χ4n) is 5.38. The zero-order chi connectivity index (χ0) is 31.2. The molecule has 226 valence electrons. The molecule has 2 unspecified atom stereocenters. The second kappa shape index (κ2) is 12.1. The highest BCUT2D eigenvalue weighted by molar-refractivity contribution is 8.02. The molecular formula is C32H23Cl2F4N3O2S. The first-order valence-corrected chi connectivity index (χ1v) is 15.0. The number of hydrogen-bond acceptors (Lipinski definition) is 5. The first-order valence-electron chi connectivity index (χ1n) is 13.4. The second-order valence-electron chi connectivity index (χ2n) is 10.1. The van der Waals surface area contributed by atoms with Crippen molar-refractivity contribution < 1.29 is 27.5 Å². The van der Waals surface area contributed by atoms with Crippen LogP contribution in [0.3, 0.4) is 0 Å². The quantitative estimate of drug-likeness (QED) is 0.140. The first-order chi connectivity index (χ1) is 21.0. The van der Waals surface area contributed by atoms with Crippen LogP contribution in [-0.4, -0.2) is 40.2 Å². The summed E-state index contributed by atoms with van der Waals surface area (Å²) in [7, 11) is 0. The number of carbonyl (C=O) groups is 1. The van der Waals surface area contributed by atoms with Crippen molar-refractivity contribution in [1.29, 1.82) is 0 Å². The van der Waals surface area contributed by atoms with Gasteiger partial charge in [-0.15, -0.1) is 0 Å². The molecule has 0 aromatic heterocycles. The van der Waals surface area contributed by atoms with E-state index in [0.29, 0.717) is 29.7 Å². The number of hydrazine groups is 1. The Balaban J connectivity index is 1.48. The van der Waals surface area contributed by atoms with E-state index in [2.05, 4.69) is 0 Å². The molecule has 0 bridgehead atoms. The predicted octanol–water partition coefficient (Wildman–Crippen LogP) is 8.50. The number of rotatable bonds is 7. The summed E-state index contributed by atoms with van der Waals surface area (Å²) in [6.45, 7) is -0.0323. The largest absolute Gasteiger partial charge is 0.416 e. The molecule has 1 N–H and O–H groups in total. The van der Waals surface area contributed by atoms with Crippen LogP contribution in [0.4, 0.5) is 28.9 Å². The predicted molar refractivity (Wildman–Crippen MR) is 166 cm³/mol. The number of amides is 1. The number of anilines is 2. The standard InChI is InChI=1S/C32H23Cl2F4N3O2S/c33-25-9-4-10-26(34)28(25)30(43)41(27-11-3-8-23-22-7-2-1-6-19(22)18-24(23)27)44-31(29(42)32(36,37)38)40-17-5-16-39(40)21-14-12-20(35)13-15-21/h1-16,29,31,42H,17-18H2. The van der Waals surface area contributed by atoms with Crippen LogP contribution in [0.15, 0.2) is 97.2 Å². The van der Waals surface area contributed by atoms with Gasteiger partial charge in [0.1, 0.15) is 11.2 Å². The van der Waals surface area contributed by atoms with Crippen LogP contribution in [0, 0.1) is 5.82 Å². The van der Waals surface area contributed by atoms with Crippen LogP contribution in [0.2, 0.25) is 10.0 Å². The highest BCUT2D eigenvalue weighted by Gasteiger charge is 2.49. The van der Waals surface area contributed by atoms with Gasteiger partial charge < -0.3 is 5.11 Å². The highest BCUT2D eigenvalue weighted by atomic mass is 35.5. The second-order valence-corrected chi connectivity index (χ2v) is 12.0. The molecule has 1 aliphatic heterocycles. The van der Waals surface area contributed by atoms with E-state index in [1.165, 1.54) is 52.6 Å². The Kier molecular flexibility index (Phi) is 8.38. The minimum Gasteiger partial charge on any atom is -0.381 e. The molecule has 4 aromatic carbocycles. The monoisotopic (exact) mass is 659 g/mol. The number of aliphatic hydroxyl groups excluding tert-OH is 1. The van der Waals surface area contributed by atoms with Crippen molar-refractivity contribution in [2.45, 2.75) is 24.1 Å². The van der Waals surface area contributed by atoms with Gasteiger partial charge >= 0.3 is 6.18 Å². The number of alkyl halides is 3. The average Bonchev–Trinajstić information content (AvgIpc) is 3.63. The van der Waals surface area contributed by atoms with Gasteiger partial charge in [0, 0.05) is 19.2 Å². The van der Waals surface area contributed by atoms with Crippen molar-refractivity contribution in [1.82, 2.24) is 5.01 Å². The summed E-state index contributed by atoms with van der Waals surface area (Å²) in [5.41, 5.74) is 4.13. The van der Waals surface area contributed by atoms with Crippen molar-refractivity contribution >= 4 is 52.4 Å². The van der Waals surface area contributed by atoms with Gasteiger partial charge in [-0.1, -0.05) is 71.7 Å². The molecule has 0 fully saturated rings. The molecular weight excluding hydrogens is 637 g/mol. The van der Waals surface area contributed by atoms with E-state index in [1.54, 1.807) is 24.3 Å². The SMILES string of the molecule is O=C(c1c(Cl)cccc1Cl)N(SC(C(O)C(F)(F)F)N1CC=CN1c1ccc(F)cc1)c1cccc2c1Cc1ccccc1-2. The van der Waals surface area contributed by atoms with E-state index in [-0.39, 0.29) is 22.2 Å². The van der Waals surface area contributed by atoms with E-state index in [1.807, 2.05) is 30.3 Å². The molecule has 0 radical (unpaired) electrons. The maximum Gasteiger partial charge on any atom is 0.416 e. The Morgan fingerprint density at radius 1 is 0.909 bits per heavy atom. The van der Waals surface area contributed by atoms with E-state index >= 15 is 0 Å². The number of halogens is 6. The first kappa shape index (κ1) is 30.5. The molecule has 0 saturated heterocycles. The molecule has 4 aromatic rings. The Hall–Kier alpha value is -3.54. The lowest BCUT2D eigenvalue weighted by Crippen LogP contribution is -2.54. The van der Waals surface area contributed by atoms with E-state index < -0.39 is 29.4 Å². The van der Waals surface area contributed by atoms with Crippen LogP contribution in [-0.2, 0) is 6.42 Å². The lowest BCUT2D eigenvalue weighted by atomic mass is 10.0. The zero-order valence-electron chi connectivity index (χ0n) is 22.7. The molecule has 0 spiro atoms. The number of nitrogens with zero attached hydrogens (tertiary/aromatic N) is 3. The van der Waals surface area contributed by atoms with Gasteiger partial charge in [-0.25, -0.2) is 8.70 Å². The van der Waals surface area contributed by atoms with Crippen molar-refractivity contribution in [3.05, 3.63) is 130 Å². The minimum absolute atomic E-state index is 0.0210. The topological polar surface area (TPSA) is 47.0 Å². The van der Waals surface area contributed by atoms with Crippen molar-refractivity contribution in [2.75, 3.05) is 15.9 Å². The molecule has 44 heavy (non-hydrogen) atoms. The van der Waals surface area contributed by atoms with E-state index in [4.69, 9.17) is 23.2 Å². The molecule has 2 atom stereocenters. The molecule has 2 aliphatic rings. The number of benzene rings is 4. The number of hydrogen-bond donors (Lipinski definition) is 1. The number of carbonyl (C=O) groups excluding carboxylic acids is 1. The maximum absolute atomic E-state index is 14.4. The van der Waals surface area contributed by atoms with Crippen molar-refractivity contribution in [3.63, 3.8) is 0 Å². The van der Waals surface area contributed by atoms with Crippen LogP contribution in [0.25, 0.3) is 11.1 Å². The van der Waals surface area contributed by atoms with Crippen molar-refractivity contribution in [2.24, 2.45) is 0 Å². The maximum atomic E-state index is 14.4. The average molecular weight is 661 g/mol. The number of aliphatic hydroxyl groups is 1. The van der Waals surface area contributed by atoms with Gasteiger partial charge in [0.05, 0.1) is 27.0 Å². The van der Waals surface area contributed by atoms with Crippen LogP contribution in [0.1, 0.15) is 21.5 Å². The van der Waals surface area contributed by atoms with E-state index in [0.717, 1.165) is 26.6 Å². The third kappa shape index (κ3) is 5.68. The minimum atomic E-state index is -5.06. The lowest BCUT2D eigenvalue weighted by Gasteiger charge is -2.40. The van der Waals surface area contributed by atoms with E-state index in [9.17, 15) is 27.5 Å². The third-order valence-electron chi connectivity index (χ3n) is 7.43. The Morgan fingerprint density at radius 2 is 1.57 bits per heavy atom. The van der Waals surface area contributed by atoms with Gasteiger partial charge in [-0.3, -0.25) is 9.80 Å². The molecule has 1 aliphatic carbocycles. The molecule has 1 amide bonds. The molecule has 1 heterocycles. The fourth-order valence-corrected chi connectivity index (χ4v) is 7.19. The summed E-state index contributed by atoms with van der Waals surface area (Å²) < 4.78 is 57.8. The van der Waals surface area contributed by atoms with Crippen molar-refractivity contribution in [3.8, 4) is 11.1 Å². The summed E-state index contributed by atoms with van der Waals surface area (Å²) in [4.78, 5) is 14.4. The Bertz CT molecular complexity index is 1730. The summed E-state index contributed by atoms with van der Waals surface area (Å²) in [5, 5.41) is 11.7. The van der Waals surface area contributed by atoms with Gasteiger partial charge in [0.25, 0.3) is 5.91 Å². The molecule has 5 nitrogen and oxygen atoms in total.